The number of phenols is 1. The van der Waals surface area contributed by atoms with Gasteiger partial charge in [-0.1, -0.05) is 44.2 Å². The van der Waals surface area contributed by atoms with Gasteiger partial charge >= 0.3 is 0 Å². The van der Waals surface area contributed by atoms with Gasteiger partial charge in [0.1, 0.15) is 0 Å². The molecule has 3 heteroatoms. The predicted octanol–water partition coefficient (Wildman–Crippen LogP) is 4.01. The minimum absolute atomic E-state index is 0.201. The van der Waals surface area contributed by atoms with E-state index in [0.29, 0.717) is 18.3 Å². The molecule has 0 atom stereocenters. The van der Waals surface area contributed by atoms with Gasteiger partial charge in [-0.05, 0) is 35.6 Å². The van der Waals surface area contributed by atoms with E-state index in [-0.39, 0.29) is 5.75 Å². The van der Waals surface area contributed by atoms with Crippen molar-refractivity contribution in [3.8, 4) is 11.5 Å². The molecule has 3 rings (SSSR count). The Labute approximate surface area is 137 Å². The maximum Gasteiger partial charge on any atom is 0.161 e. The van der Waals surface area contributed by atoms with Crippen LogP contribution in [0.25, 0.3) is 0 Å². The largest absolute Gasteiger partial charge is 0.504 e. The Bertz CT molecular complexity index is 705. The molecule has 0 saturated carbocycles. The highest BCUT2D eigenvalue weighted by Gasteiger charge is 2.18. The molecule has 23 heavy (non-hydrogen) atoms. The number of benzene rings is 2. The monoisotopic (exact) mass is 309 g/mol. The number of hydrogen-bond acceptors (Lipinski definition) is 3. The lowest BCUT2D eigenvalue weighted by atomic mass is 9.93. The molecule has 0 aromatic heterocycles. The van der Waals surface area contributed by atoms with Crippen LogP contribution in [0.4, 0.5) is 0 Å². The molecule has 0 bridgehead atoms. The average molecular weight is 309 g/mol. The Hall–Kier alpha value is -2.29. The van der Waals surface area contributed by atoms with Gasteiger partial charge < -0.3 is 9.84 Å². The van der Waals surface area contributed by atoms with E-state index in [1.165, 1.54) is 11.1 Å². The van der Waals surface area contributed by atoms with E-state index in [0.717, 1.165) is 30.7 Å². The Morgan fingerprint density at radius 1 is 1.17 bits per heavy atom. The van der Waals surface area contributed by atoms with Gasteiger partial charge in [0, 0.05) is 24.2 Å². The Kier molecular flexibility index (Phi) is 4.65. The van der Waals surface area contributed by atoms with Crippen molar-refractivity contribution in [3.63, 3.8) is 0 Å². The van der Waals surface area contributed by atoms with E-state index in [2.05, 4.69) is 31.0 Å². The molecule has 2 aromatic carbocycles. The summed E-state index contributed by atoms with van der Waals surface area (Å²) in [5.74, 6) is 1.21. The van der Waals surface area contributed by atoms with Crippen LogP contribution >= 0.6 is 0 Å². The van der Waals surface area contributed by atoms with E-state index in [9.17, 15) is 5.11 Å². The third kappa shape index (κ3) is 3.73. The molecule has 0 fully saturated rings. The number of fused-ring (bicyclic) bond motifs is 1. The molecule has 0 aliphatic carbocycles. The van der Waals surface area contributed by atoms with E-state index in [1.54, 1.807) is 0 Å². The first-order chi connectivity index (χ1) is 11.1. The second-order valence-electron chi connectivity index (χ2n) is 6.42. The van der Waals surface area contributed by atoms with Crippen LogP contribution in [0.2, 0.25) is 0 Å². The average Bonchev–Trinajstić information content (AvgIpc) is 2.54. The fourth-order valence-electron chi connectivity index (χ4n) is 2.79. The molecule has 1 heterocycles. The lowest BCUT2D eigenvalue weighted by Gasteiger charge is -2.20. The second-order valence-corrected chi connectivity index (χ2v) is 6.42. The molecule has 0 amide bonds. The van der Waals surface area contributed by atoms with Gasteiger partial charge in [0.2, 0.25) is 0 Å². The molecule has 2 aromatic rings. The summed E-state index contributed by atoms with van der Waals surface area (Å²) in [7, 11) is 0. The molecule has 0 radical (unpaired) electrons. The van der Waals surface area contributed by atoms with Crippen molar-refractivity contribution >= 4 is 5.71 Å². The molecular formula is C20H23NO2. The molecule has 0 saturated heterocycles. The van der Waals surface area contributed by atoms with Crippen molar-refractivity contribution in [3.05, 3.63) is 59.2 Å². The highest BCUT2D eigenvalue weighted by atomic mass is 16.5. The second kappa shape index (κ2) is 6.86. The maximum atomic E-state index is 10.3. The van der Waals surface area contributed by atoms with Gasteiger partial charge in [-0.15, -0.1) is 0 Å². The molecule has 1 aliphatic heterocycles. The highest BCUT2D eigenvalue weighted by Crippen LogP contribution is 2.32. The Balaban J connectivity index is 1.85. The van der Waals surface area contributed by atoms with Crippen LogP contribution < -0.4 is 4.74 Å². The van der Waals surface area contributed by atoms with Gasteiger partial charge in [0.25, 0.3) is 0 Å². The summed E-state index contributed by atoms with van der Waals surface area (Å²) in [6, 6.07) is 14.1. The summed E-state index contributed by atoms with van der Waals surface area (Å²) in [6.07, 6.45) is 1.69. The summed E-state index contributed by atoms with van der Waals surface area (Å²) in [6.45, 7) is 5.60. The molecule has 1 aliphatic rings. The fraction of sp³-hybridized carbons (Fsp3) is 0.350. The van der Waals surface area contributed by atoms with Crippen molar-refractivity contribution < 1.29 is 9.84 Å². The van der Waals surface area contributed by atoms with E-state index in [1.807, 2.05) is 30.3 Å². The number of rotatable bonds is 5. The summed E-state index contributed by atoms with van der Waals surface area (Å²) in [5.41, 5.74) is 4.54. The first-order valence-corrected chi connectivity index (χ1v) is 8.20. The first-order valence-electron chi connectivity index (χ1n) is 8.20. The van der Waals surface area contributed by atoms with Gasteiger partial charge in [-0.25, -0.2) is 0 Å². The standard InChI is InChI=1S/C20H23NO2/c1-14(2)13-23-20-11-16-8-9-21-18(17(16)12-19(20)22)10-15-6-4-3-5-7-15/h3-7,11-12,14,22H,8-10,13H2,1-2H3. The van der Waals surface area contributed by atoms with Crippen LogP contribution in [-0.4, -0.2) is 24.0 Å². The van der Waals surface area contributed by atoms with Crippen molar-refractivity contribution in [2.45, 2.75) is 26.7 Å². The van der Waals surface area contributed by atoms with E-state index >= 15 is 0 Å². The number of ether oxygens (including phenoxy) is 1. The molecule has 1 N–H and O–H groups in total. The van der Waals surface area contributed by atoms with Crippen molar-refractivity contribution in [1.82, 2.24) is 0 Å². The highest BCUT2D eigenvalue weighted by molar-refractivity contribution is 6.04. The van der Waals surface area contributed by atoms with E-state index in [4.69, 9.17) is 4.74 Å². The third-order valence-corrected chi connectivity index (χ3v) is 3.97. The van der Waals surface area contributed by atoms with Crippen molar-refractivity contribution in [2.24, 2.45) is 10.9 Å². The zero-order valence-corrected chi connectivity index (χ0v) is 13.7. The summed E-state index contributed by atoms with van der Waals surface area (Å²) in [4.78, 5) is 4.68. The Morgan fingerprint density at radius 2 is 1.96 bits per heavy atom. The van der Waals surface area contributed by atoms with Gasteiger partial charge in [-0.2, -0.15) is 0 Å². The first kappa shape index (κ1) is 15.6. The maximum absolute atomic E-state index is 10.3. The number of aromatic hydroxyl groups is 1. The van der Waals surface area contributed by atoms with Crippen LogP contribution in [0, 0.1) is 5.92 Å². The summed E-state index contributed by atoms with van der Waals surface area (Å²) < 4.78 is 5.73. The molecule has 3 nitrogen and oxygen atoms in total. The topological polar surface area (TPSA) is 41.8 Å². The molecule has 120 valence electrons. The van der Waals surface area contributed by atoms with Crippen LogP contribution in [-0.2, 0) is 12.8 Å². The van der Waals surface area contributed by atoms with Crippen molar-refractivity contribution in [2.75, 3.05) is 13.2 Å². The number of hydrogen-bond donors (Lipinski definition) is 1. The fourth-order valence-corrected chi connectivity index (χ4v) is 2.79. The van der Waals surface area contributed by atoms with Crippen LogP contribution in [0.5, 0.6) is 11.5 Å². The quantitative estimate of drug-likeness (QED) is 0.906. The van der Waals surface area contributed by atoms with Crippen LogP contribution in [0.3, 0.4) is 0 Å². The number of aliphatic imine (C=N–C) groups is 1. The number of phenolic OH excluding ortho intramolecular Hbond substituents is 1. The van der Waals surface area contributed by atoms with E-state index < -0.39 is 0 Å². The lowest BCUT2D eigenvalue weighted by molar-refractivity contribution is 0.259. The normalized spacial score (nSPS) is 13.6. The third-order valence-electron chi connectivity index (χ3n) is 3.97. The summed E-state index contributed by atoms with van der Waals surface area (Å²) >= 11 is 0. The molecule has 0 unspecified atom stereocenters. The predicted molar refractivity (Wildman–Crippen MR) is 93.7 cm³/mol. The summed E-state index contributed by atoms with van der Waals surface area (Å²) in [5, 5.41) is 10.3. The van der Waals surface area contributed by atoms with Gasteiger partial charge in [0.15, 0.2) is 11.5 Å². The van der Waals surface area contributed by atoms with Gasteiger partial charge in [0.05, 0.1) is 6.61 Å². The Morgan fingerprint density at radius 3 is 2.70 bits per heavy atom. The van der Waals surface area contributed by atoms with Crippen molar-refractivity contribution in [1.29, 1.82) is 0 Å². The smallest absolute Gasteiger partial charge is 0.161 e. The van der Waals surface area contributed by atoms with Crippen LogP contribution in [0.1, 0.15) is 30.5 Å². The molecular weight excluding hydrogens is 286 g/mol. The zero-order valence-electron chi connectivity index (χ0n) is 13.7. The van der Waals surface area contributed by atoms with Gasteiger partial charge in [-0.3, -0.25) is 4.99 Å². The minimum Gasteiger partial charge on any atom is -0.504 e. The SMILES string of the molecule is CC(C)COc1cc2c(cc1O)C(Cc1ccccc1)=NCC2. The minimum atomic E-state index is 0.201. The van der Waals surface area contributed by atoms with Crippen LogP contribution in [0.15, 0.2) is 47.5 Å². The lowest BCUT2D eigenvalue weighted by Crippen LogP contribution is -2.16. The molecule has 0 spiro atoms. The zero-order chi connectivity index (χ0) is 16.2. The number of nitrogens with zero attached hydrogens (tertiary/aromatic N) is 1.